The number of nitrogens with zero attached hydrogens (tertiary/aromatic N) is 3. The van der Waals surface area contributed by atoms with Crippen LogP contribution in [-0.2, 0) is 11.3 Å². The molecule has 10 heteroatoms. The van der Waals surface area contributed by atoms with Crippen molar-refractivity contribution in [2.75, 3.05) is 5.32 Å². The Morgan fingerprint density at radius 2 is 2.07 bits per heavy atom. The molecular formula is C19H17F3N4O2S. The van der Waals surface area contributed by atoms with Gasteiger partial charge in [-0.2, -0.15) is 0 Å². The van der Waals surface area contributed by atoms with E-state index in [0.29, 0.717) is 23.3 Å². The van der Waals surface area contributed by atoms with Crippen molar-refractivity contribution in [3.63, 3.8) is 0 Å². The predicted molar refractivity (Wildman–Crippen MR) is 103 cm³/mol. The van der Waals surface area contributed by atoms with E-state index in [1.807, 2.05) is 0 Å². The second kappa shape index (κ2) is 8.56. The maximum atomic E-state index is 13.8. The van der Waals surface area contributed by atoms with Crippen LogP contribution in [0.3, 0.4) is 0 Å². The van der Waals surface area contributed by atoms with Gasteiger partial charge in [0.05, 0.1) is 22.8 Å². The van der Waals surface area contributed by atoms with Crippen LogP contribution in [-0.4, -0.2) is 25.9 Å². The van der Waals surface area contributed by atoms with Crippen molar-refractivity contribution < 1.29 is 22.4 Å². The smallest absolute Gasteiger partial charge is 0.237 e. The van der Waals surface area contributed by atoms with Gasteiger partial charge in [0.1, 0.15) is 5.76 Å². The first-order valence-corrected chi connectivity index (χ1v) is 9.41. The van der Waals surface area contributed by atoms with E-state index in [9.17, 15) is 18.0 Å². The van der Waals surface area contributed by atoms with Gasteiger partial charge >= 0.3 is 0 Å². The lowest BCUT2D eigenvalue weighted by Crippen LogP contribution is -2.23. The van der Waals surface area contributed by atoms with Gasteiger partial charge in [0.2, 0.25) is 5.91 Å². The van der Waals surface area contributed by atoms with Gasteiger partial charge in [-0.3, -0.25) is 9.36 Å². The fourth-order valence-electron chi connectivity index (χ4n) is 2.55. The second-order valence-corrected chi connectivity index (χ2v) is 7.38. The lowest BCUT2D eigenvalue weighted by Gasteiger charge is -2.13. The van der Waals surface area contributed by atoms with Gasteiger partial charge in [0.15, 0.2) is 28.4 Å². The van der Waals surface area contributed by atoms with Gasteiger partial charge < -0.3 is 9.73 Å². The van der Waals surface area contributed by atoms with E-state index in [-0.39, 0.29) is 0 Å². The molecule has 1 N–H and O–H groups in total. The summed E-state index contributed by atoms with van der Waals surface area (Å²) in [7, 11) is 0. The first kappa shape index (κ1) is 20.7. The molecule has 3 aromatic rings. The molecule has 0 saturated carbocycles. The van der Waals surface area contributed by atoms with Crippen molar-refractivity contribution in [1.29, 1.82) is 0 Å². The molecule has 2 heterocycles. The van der Waals surface area contributed by atoms with Crippen LogP contribution in [0.1, 0.15) is 12.7 Å². The number of thioether (sulfide) groups is 1. The Hall–Kier alpha value is -3.01. The number of nitrogens with one attached hydrogen (secondary N) is 1. The number of carbonyl (C=O) groups is 1. The average molecular weight is 422 g/mol. The minimum Gasteiger partial charge on any atom is -0.469 e. The van der Waals surface area contributed by atoms with Gasteiger partial charge in [0.25, 0.3) is 0 Å². The van der Waals surface area contributed by atoms with Crippen LogP contribution >= 0.6 is 11.8 Å². The molecule has 0 aliphatic carbocycles. The molecule has 0 aliphatic heterocycles. The Balaban J connectivity index is 1.80. The number of carbonyl (C=O) groups excluding carboxylic acids is 1. The molecule has 152 valence electrons. The van der Waals surface area contributed by atoms with Gasteiger partial charge in [-0.1, -0.05) is 17.8 Å². The minimum atomic E-state index is -1.64. The molecule has 3 rings (SSSR count). The molecule has 0 aliphatic rings. The van der Waals surface area contributed by atoms with Gasteiger partial charge in [-0.25, -0.2) is 13.2 Å². The molecule has 6 nitrogen and oxygen atoms in total. The molecule has 0 spiro atoms. The summed E-state index contributed by atoms with van der Waals surface area (Å²) in [6.07, 6.45) is 3.20. The van der Waals surface area contributed by atoms with Crippen molar-refractivity contribution >= 4 is 23.4 Å². The normalized spacial score (nSPS) is 12.0. The highest BCUT2D eigenvalue weighted by molar-refractivity contribution is 8.00. The Bertz CT molecular complexity index is 1060. The number of furan rings is 1. The van der Waals surface area contributed by atoms with E-state index in [2.05, 4.69) is 22.1 Å². The number of hydrogen-bond acceptors (Lipinski definition) is 5. The van der Waals surface area contributed by atoms with Gasteiger partial charge in [-0.15, -0.1) is 16.8 Å². The minimum absolute atomic E-state index is 0.390. The number of aromatic nitrogens is 3. The lowest BCUT2D eigenvalue weighted by atomic mass is 10.2. The second-order valence-electron chi connectivity index (χ2n) is 6.07. The van der Waals surface area contributed by atoms with Crippen molar-refractivity contribution in [1.82, 2.24) is 14.8 Å². The Morgan fingerprint density at radius 3 is 2.72 bits per heavy atom. The van der Waals surface area contributed by atoms with E-state index in [1.165, 1.54) is 6.26 Å². The Kier molecular flexibility index (Phi) is 6.12. The molecule has 1 atom stereocenters. The summed E-state index contributed by atoms with van der Waals surface area (Å²) in [6.45, 7) is 7.48. The molecule has 29 heavy (non-hydrogen) atoms. The fraction of sp³-hybridized carbons (Fsp3) is 0.211. The number of amides is 1. The molecule has 0 saturated heterocycles. The zero-order valence-corrected chi connectivity index (χ0v) is 16.4. The fourth-order valence-corrected chi connectivity index (χ4v) is 3.41. The summed E-state index contributed by atoms with van der Waals surface area (Å²) >= 11 is 1.08. The van der Waals surface area contributed by atoms with E-state index >= 15 is 0 Å². The molecule has 1 aromatic carbocycles. The van der Waals surface area contributed by atoms with Crippen LogP contribution in [0, 0.1) is 24.4 Å². The first-order valence-electron chi connectivity index (χ1n) is 8.53. The summed E-state index contributed by atoms with van der Waals surface area (Å²) < 4.78 is 47.3. The number of rotatable bonds is 7. The van der Waals surface area contributed by atoms with Crippen molar-refractivity contribution in [2.45, 2.75) is 30.8 Å². The molecule has 1 amide bonds. The number of benzene rings is 1. The number of anilines is 1. The van der Waals surface area contributed by atoms with Crippen molar-refractivity contribution in [3.8, 4) is 11.4 Å². The third-order valence-corrected chi connectivity index (χ3v) is 5.15. The summed E-state index contributed by atoms with van der Waals surface area (Å²) in [4.78, 5) is 12.4. The number of hydrogen-bond donors (Lipinski definition) is 1. The Labute approximate surface area is 168 Å². The van der Waals surface area contributed by atoms with Crippen LogP contribution in [0.2, 0.25) is 0 Å². The largest absolute Gasteiger partial charge is 0.469 e. The van der Waals surface area contributed by atoms with Crippen LogP contribution in [0.15, 0.2) is 46.7 Å². The van der Waals surface area contributed by atoms with Crippen molar-refractivity contribution in [2.24, 2.45) is 0 Å². The molecular weight excluding hydrogens is 405 g/mol. The maximum absolute atomic E-state index is 13.8. The quantitative estimate of drug-likeness (QED) is 0.343. The first-order chi connectivity index (χ1) is 13.8. The monoisotopic (exact) mass is 422 g/mol. The summed E-state index contributed by atoms with van der Waals surface area (Å²) in [6, 6.07) is 3.46. The van der Waals surface area contributed by atoms with Crippen LogP contribution in [0.4, 0.5) is 18.9 Å². The number of halogens is 3. The Morgan fingerprint density at radius 1 is 1.31 bits per heavy atom. The van der Waals surface area contributed by atoms with Crippen LogP contribution in [0.25, 0.3) is 11.4 Å². The number of aryl methyl sites for hydroxylation is 1. The van der Waals surface area contributed by atoms with Crippen LogP contribution < -0.4 is 5.32 Å². The highest BCUT2D eigenvalue weighted by Gasteiger charge is 2.23. The van der Waals surface area contributed by atoms with Gasteiger partial charge in [-0.05, 0) is 32.0 Å². The average Bonchev–Trinajstić information content (AvgIpc) is 3.28. The van der Waals surface area contributed by atoms with E-state index in [4.69, 9.17) is 4.42 Å². The standard InChI is InChI=1S/C19H17F3N4O2S/c1-4-8-26-17(12-7-9-28-10(12)2)24-25-19(26)29-11(3)18(27)23-14-6-5-13(20)15(21)16(14)22/h4-7,9,11H,1,8H2,2-3H3,(H,23,27). The van der Waals surface area contributed by atoms with E-state index < -0.39 is 34.3 Å². The molecule has 2 aromatic heterocycles. The topological polar surface area (TPSA) is 73.0 Å². The van der Waals surface area contributed by atoms with Crippen LogP contribution in [0.5, 0.6) is 0 Å². The van der Waals surface area contributed by atoms with E-state index in [0.717, 1.165) is 29.5 Å². The van der Waals surface area contributed by atoms with E-state index in [1.54, 1.807) is 30.6 Å². The summed E-state index contributed by atoms with van der Waals surface area (Å²) in [5.41, 5.74) is 0.316. The lowest BCUT2D eigenvalue weighted by molar-refractivity contribution is -0.115. The van der Waals surface area contributed by atoms with Crippen molar-refractivity contribution in [3.05, 3.63) is 60.3 Å². The molecule has 0 radical (unpaired) electrons. The number of allylic oxidation sites excluding steroid dienone is 1. The third kappa shape index (κ3) is 4.21. The third-order valence-electron chi connectivity index (χ3n) is 4.07. The molecule has 0 bridgehead atoms. The highest BCUT2D eigenvalue weighted by Crippen LogP contribution is 2.30. The zero-order valence-electron chi connectivity index (χ0n) is 15.6. The predicted octanol–water partition coefficient (Wildman–Crippen LogP) is 4.57. The summed E-state index contributed by atoms with van der Waals surface area (Å²) in [5.74, 6) is -3.81. The molecule has 1 unspecified atom stereocenters. The highest BCUT2D eigenvalue weighted by atomic mass is 32.2. The SMILES string of the molecule is C=CCn1c(SC(C)C(=O)Nc2ccc(F)c(F)c2F)nnc1-c1ccoc1C. The summed E-state index contributed by atoms with van der Waals surface area (Å²) in [5, 5.41) is 10.3. The maximum Gasteiger partial charge on any atom is 0.237 e. The zero-order chi connectivity index (χ0) is 21.1. The van der Waals surface area contributed by atoms with Gasteiger partial charge in [0, 0.05) is 6.54 Å². The molecule has 0 fully saturated rings.